The number of thioether (sulfide) groups is 1. The molecule has 0 unspecified atom stereocenters. The number of aromatic nitrogens is 2. The zero-order chi connectivity index (χ0) is 15.1. The molecule has 0 spiro atoms. The number of ether oxygens (including phenoxy) is 1. The molecular formula is C14H25N5OS. The summed E-state index contributed by atoms with van der Waals surface area (Å²) in [6.45, 7) is 6.01. The highest BCUT2D eigenvalue weighted by Gasteiger charge is 2.10. The van der Waals surface area contributed by atoms with Crippen molar-refractivity contribution in [1.82, 2.24) is 14.9 Å². The monoisotopic (exact) mass is 311 g/mol. The van der Waals surface area contributed by atoms with Crippen LogP contribution in [0.3, 0.4) is 0 Å². The van der Waals surface area contributed by atoms with Crippen molar-refractivity contribution >= 4 is 23.4 Å². The molecule has 0 radical (unpaired) electrons. The summed E-state index contributed by atoms with van der Waals surface area (Å²) in [4.78, 5) is 13.3. The predicted octanol–water partition coefficient (Wildman–Crippen LogP) is 1.33. The van der Waals surface area contributed by atoms with E-state index < -0.39 is 0 Å². The molecule has 0 aliphatic carbocycles. The van der Waals surface area contributed by atoms with Gasteiger partial charge in [0.25, 0.3) is 0 Å². The molecule has 1 aliphatic rings. The van der Waals surface area contributed by atoms with E-state index in [1.165, 1.54) is 18.2 Å². The van der Waals surface area contributed by atoms with Gasteiger partial charge in [0.2, 0.25) is 0 Å². The summed E-state index contributed by atoms with van der Waals surface area (Å²) in [5.74, 6) is 1.43. The SMILES string of the molecule is CSc1nc(N)cc(N(C)CCCCN2CCOCC2)n1. The van der Waals surface area contributed by atoms with Crippen LogP contribution in [0.25, 0.3) is 0 Å². The van der Waals surface area contributed by atoms with Gasteiger partial charge in [0.1, 0.15) is 11.6 Å². The fraction of sp³-hybridized carbons (Fsp3) is 0.714. The molecule has 1 aromatic heterocycles. The van der Waals surface area contributed by atoms with Gasteiger partial charge < -0.3 is 15.4 Å². The van der Waals surface area contributed by atoms with Gasteiger partial charge in [-0.3, -0.25) is 4.90 Å². The number of hydrogen-bond acceptors (Lipinski definition) is 7. The molecule has 0 saturated carbocycles. The highest BCUT2D eigenvalue weighted by Crippen LogP contribution is 2.18. The Labute approximate surface area is 131 Å². The molecule has 21 heavy (non-hydrogen) atoms. The van der Waals surface area contributed by atoms with E-state index in [1.807, 2.05) is 12.3 Å². The van der Waals surface area contributed by atoms with Crippen LogP contribution in [0.1, 0.15) is 12.8 Å². The molecule has 0 amide bonds. The lowest BCUT2D eigenvalue weighted by molar-refractivity contribution is 0.0372. The Morgan fingerprint density at radius 1 is 1.33 bits per heavy atom. The maximum absolute atomic E-state index is 5.82. The summed E-state index contributed by atoms with van der Waals surface area (Å²) in [5.41, 5.74) is 5.82. The molecule has 1 aliphatic heterocycles. The van der Waals surface area contributed by atoms with Crippen LogP contribution in [-0.4, -0.2) is 67.6 Å². The highest BCUT2D eigenvalue weighted by atomic mass is 32.2. The van der Waals surface area contributed by atoms with E-state index in [-0.39, 0.29) is 0 Å². The lowest BCUT2D eigenvalue weighted by Crippen LogP contribution is -2.37. The smallest absolute Gasteiger partial charge is 0.191 e. The first kappa shape index (κ1) is 16.3. The van der Waals surface area contributed by atoms with Crippen LogP contribution >= 0.6 is 11.8 Å². The number of unbranched alkanes of at least 4 members (excludes halogenated alkanes) is 1. The van der Waals surface area contributed by atoms with Crippen LogP contribution in [0.2, 0.25) is 0 Å². The van der Waals surface area contributed by atoms with Crippen LogP contribution < -0.4 is 10.6 Å². The molecule has 2 heterocycles. The van der Waals surface area contributed by atoms with Crippen LogP contribution in [0.4, 0.5) is 11.6 Å². The second-order valence-electron chi connectivity index (χ2n) is 5.22. The Morgan fingerprint density at radius 2 is 2.10 bits per heavy atom. The van der Waals surface area contributed by atoms with E-state index in [4.69, 9.17) is 10.5 Å². The minimum absolute atomic E-state index is 0.532. The number of hydrogen-bond donors (Lipinski definition) is 1. The second-order valence-corrected chi connectivity index (χ2v) is 5.99. The van der Waals surface area contributed by atoms with Crippen molar-refractivity contribution in [3.8, 4) is 0 Å². The fourth-order valence-electron chi connectivity index (χ4n) is 2.34. The zero-order valence-corrected chi connectivity index (χ0v) is 13.7. The summed E-state index contributed by atoms with van der Waals surface area (Å²) < 4.78 is 5.36. The predicted molar refractivity (Wildman–Crippen MR) is 88.0 cm³/mol. The van der Waals surface area contributed by atoms with Gasteiger partial charge >= 0.3 is 0 Å². The number of nitrogen functional groups attached to an aromatic ring is 1. The van der Waals surface area contributed by atoms with Crippen molar-refractivity contribution in [2.75, 3.05) is 63.3 Å². The summed E-state index contributed by atoms with van der Waals surface area (Å²) in [6.07, 6.45) is 4.30. The minimum atomic E-state index is 0.532. The van der Waals surface area contributed by atoms with Crippen LogP contribution in [-0.2, 0) is 4.74 Å². The Balaban J connectivity index is 1.73. The Bertz CT molecular complexity index is 439. The Kier molecular flexibility index (Phi) is 6.53. The van der Waals surface area contributed by atoms with Gasteiger partial charge in [0.15, 0.2) is 5.16 Å². The largest absolute Gasteiger partial charge is 0.383 e. The van der Waals surface area contributed by atoms with Gasteiger partial charge in [-0.1, -0.05) is 11.8 Å². The van der Waals surface area contributed by atoms with Crippen molar-refractivity contribution in [2.45, 2.75) is 18.0 Å². The summed E-state index contributed by atoms with van der Waals surface area (Å²) in [6, 6.07) is 1.84. The highest BCUT2D eigenvalue weighted by molar-refractivity contribution is 7.98. The third kappa shape index (κ3) is 5.33. The molecule has 2 rings (SSSR count). The lowest BCUT2D eigenvalue weighted by atomic mass is 10.2. The first-order valence-electron chi connectivity index (χ1n) is 7.39. The van der Waals surface area contributed by atoms with E-state index in [1.54, 1.807) is 0 Å². The maximum atomic E-state index is 5.82. The van der Waals surface area contributed by atoms with Crippen molar-refractivity contribution < 1.29 is 4.74 Å². The molecule has 2 N–H and O–H groups in total. The topological polar surface area (TPSA) is 67.5 Å². The fourth-order valence-corrected chi connectivity index (χ4v) is 2.72. The lowest BCUT2D eigenvalue weighted by Gasteiger charge is -2.26. The van der Waals surface area contributed by atoms with Crippen molar-refractivity contribution in [2.24, 2.45) is 0 Å². The van der Waals surface area contributed by atoms with Gasteiger partial charge in [-0.25, -0.2) is 9.97 Å². The molecule has 1 fully saturated rings. The van der Waals surface area contributed by atoms with Gasteiger partial charge in [0, 0.05) is 32.7 Å². The quantitative estimate of drug-likeness (QED) is 0.463. The number of rotatable bonds is 7. The number of morpholine rings is 1. The average Bonchev–Trinajstić information content (AvgIpc) is 2.51. The van der Waals surface area contributed by atoms with E-state index >= 15 is 0 Å². The first-order valence-corrected chi connectivity index (χ1v) is 8.61. The number of anilines is 2. The first-order chi connectivity index (χ1) is 10.2. The molecule has 1 aromatic rings. The second kappa shape index (κ2) is 8.41. The summed E-state index contributed by atoms with van der Waals surface area (Å²) in [5, 5.41) is 0.727. The molecule has 0 atom stereocenters. The van der Waals surface area contributed by atoms with E-state index in [2.05, 4.69) is 26.8 Å². The molecule has 7 heteroatoms. The molecule has 0 aromatic carbocycles. The zero-order valence-electron chi connectivity index (χ0n) is 12.9. The third-order valence-corrected chi connectivity index (χ3v) is 4.15. The Hall–Kier alpha value is -1.05. The van der Waals surface area contributed by atoms with E-state index in [9.17, 15) is 0 Å². The van der Waals surface area contributed by atoms with Gasteiger partial charge in [-0.05, 0) is 25.6 Å². The molecule has 118 valence electrons. The van der Waals surface area contributed by atoms with Gasteiger partial charge in [0.05, 0.1) is 13.2 Å². The normalized spacial score (nSPS) is 16.1. The van der Waals surface area contributed by atoms with Gasteiger partial charge in [-0.15, -0.1) is 0 Å². The van der Waals surface area contributed by atoms with Crippen LogP contribution in [0.5, 0.6) is 0 Å². The summed E-state index contributed by atoms with van der Waals surface area (Å²) >= 11 is 1.51. The third-order valence-electron chi connectivity index (χ3n) is 3.61. The van der Waals surface area contributed by atoms with Crippen LogP contribution in [0, 0.1) is 0 Å². The molecule has 0 bridgehead atoms. The van der Waals surface area contributed by atoms with E-state index in [0.717, 1.165) is 56.8 Å². The average molecular weight is 311 g/mol. The van der Waals surface area contributed by atoms with Gasteiger partial charge in [-0.2, -0.15) is 0 Å². The standard InChI is InChI=1S/C14H25N5OS/c1-18(13-11-12(15)16-14(17-13)21-2)5-3-4-6-19-7-9-20-10-8-19/h11H,3-10H2,1-2H3,(H2,15,16,17). The van der Waals surface area contributed by atoms with Crippen molar-refractivity contribution in [1.29, 1.82) is 0 Å². The molecular weight excluding hydrogens is 286 g/mol. The molecule has 6 nitrogen and oxygen atoms in total. The van der Waals surface area contributed by atoms with E-state index in [0.29, 0.717) is 5.82 Å². The van der Waals surface area contributed by atoms with Crippen LogP contribution in [0.15, 0.2) is 11.2 Å². The Morgan fingerprint density at radius 3 is 2.81 bits per heavy atom. The van der Waals surface area contributed by atoms with Crippen molar-refractivity contribution in [3.05, 3.63) is 6.07 Å². The summed E-state index contributed by atoms with van der Waals surface area (Å²) in [7, 11) is 2.06. The number of nitrogens with zero attached hydrogens (tertiary/aromatic N) is 4. The number of nitrogens with two attached hydrogens (primary N) is 1. The minimum Gasteiger partial charge on any atom is -0.383 e. The maximum Gasteiger partial charge on any atom is 0.191 e. The van der Waals surface area contributed by atoms with Crippen molar-refractivity contribution in [3.63, 3.8) is 0 Å². The molecule has 1 saturated heterocycles.